The van der Waals surface area contributed by atoms with Gasteiger partial charge in [0.25, 0.3) is 5.91 Å². The highest BCUT2D eigenvalue weighted by atomic mass is 16.7. The molecule has 1 aromatic heterocycles. The average Bonchev–Trinajstić information content (AvgIpc) is 3.45. The van der Waals surface area contributed by atoms with Crippen molar-refractivity contribution in [1.29, 1.82) is 0 Å². The van der Waals surface area contributed by atoms with E-state index in [0.29, 0.717) is 48.3 Å². The molecule has 2 saturated carbocycles. The van der Waals surface area contributed by atoms with Gasteiger partial charge in [0.15, 0.2) is 11.2 Å². The summed E-state index contributed by atoms with van der Waals surface area (Å²) < 4.78 is 17.5. The fraction of sp³-hybridized carbons (Fsp3) is 0.538. The third-order valence-electron chi connectivity index (χ3n) is 7.30. The normalized spacial score (nSPS) is 28.5. The fourth-order valence-electron chi connectivity index (χ4n) is 5.57. The van der Waals surface area contributed by atoms with Gasteiger partial charge in [-0.2, -0.15) is 0 Å². The van der Waals surface area contributed by atoms with E-state index >= 15 is 0 Å². The molecule has 2 bridgehead atoms. The summed E-state index contributed by atoms with van der Waals surface area (Å²) in [4.78, 5) is 26.3. The number of aliphatic hydroxyl groups excluding tert-OH is 1. The van der Waals surface area contributed by atoms with Crippen molar-refractivity contribution >= 4 is 16.9 Å². The third kappa shape index (κ3) is 4.70. The minimum absolute atomic E-state index is 0.104. The maximum absolute atomic E-state index is 13.2. The number of hydrogen-bond donors (Lipinski definition) is 2. The number of unbranched alkanes of at least 4 members (excludes halogenated alkanes) is 1. The van der Waals surface area contributed by atoms with Crippen LogP contribution in [0.5, 0.6) is 0 Å². The predicted molar refractivity (Wildman–Crippen MR) is 122 cm³/mol. The summed E-state index contributed by atoms with van der Waals surface area (Å²) in [6, 6.07) is 7.34. The van der Waals surface area contributed by atoms with Crippen molar-refractivity contribution in [2.45, 2.75) is 63.2 Å². The van der Waals surface area contributed by atoms with Crippen molar-refractivity contribution in [2.75, 3.05) is 13.2 Å². The lowest BCUT2D eigenvalue weighted by Gasteiger charge is -2.30. The number of rotatable bonds is 8. The van der Waals surface area contributed by atoms with Crippen LogP contribution in [-0.2, 0) is 14.3 Å². The number of ether oxygens (including phenoxy) is 2. The lowest BCUT2D eigenvalue weighted by atomic mass is 9.92. The van der Waals surface area contributed by atoms with E-state index in [1.54, 1.807) is 18.2 Å². The lowest BCUT2D eigenvalue weighted by Crippen LogP contribution is -2.41. The Balaban J connectivity index is 1.38. The van der Waals surface area contributed by atoms with Gasteiger partial charge in [-0.15, -0.1) is 0 Å². The Bertz CT molecular complexity index is 1090. The summed E-state index contributed by atoms with van der Waals surface area (Å²) in [6.45, 7) is 0.512. The van der Waals surface area contributed by atoms with Gasteiger partial charge < -0.3 is 24.3 Å². The second kappa shape index (κ2) is 9.69. The van der Waals surface area contributed by atoms with Gasteiger partial charge in [0.05, 0.1) is 18.3 Å². The lowest BCUT2D eigenvalue weighted by molar-refractivity contribution is -0.147. The van der Waals surface area contributed by atoms with Gasteiger partial charge >= 0.3 is 0 Å². The molecule has 2 N–H and O–H groups in total. The van der Waals surface area contributed by atoms with Crippen LogP contribution in [0.25, 0.3) is 11.0 Å². The maximum atomic E-state index is 13.2. The molecule has 7 heteroatoms. The molecule has 3 unspecified atom stereocenters. The van der Waals surface area contributed by atoms with E-state index in [1.165, 1.54) is 25.5 Å². The first-order valence-electron chi connectivity index (χ1n) is 12.0. The molecule has 7 nitrogen and oxygen atoms in total. The number of aliphatic hydroxyl groups is 1. The topological polar surface area (TPSA) is 98.0 Å². The van der Waals surface area contributed by atoms with E-state index < -0.39 is 6.29 Å². The Morgan fingerprint density at radius 3 is 2.82 bits per heavy atom. The largest absolute Gasteiger partial charge is 0.464 e. The van der Waals surface area contributed by atoms with Crippen molar-refractivity contribution in [3.8, 4) is 0 Å². The second-order valence-corrected chi connectivity index (χ2v) is 9.49. The van der Waals surface area contributed by atoms with E-state index in [0.717, 1.165) is 12.3 Å². The number of benzene rings is 1. The van der Waals surface area contributed by atoms with Crippen LogP contribution in [0.2, 0.25) is 0 Å². The zero-order chi connectivity index (χ0) is 22.8. The van der Waals surface area contributed by atoms with Gasteiger partial charge in [-0.3, -0.25) is 9.59 Å². The van der Waals surface area contributed by atoms with Crippen LogP contribution in [0.1, 0.15) is 56.4 Å². The van der Waals surface area contributed by atoms with E-state index in [4.69, 9.17) is 19.0 Å². The SMILES string of the molecule is O=C(NC1CC2CCC1C2)C1=C[C@@H](c2coc3ccccc3c2=O)C[C@@H](OCCCCO)O1. The molecular formula is C26H31NO6. The first kappa shape index (κ1) is 22.2. The second-order valence-electron chi connectivity index (χ2n) is 9.49. The summed E-state index contributed by atoms with van der Waals surface area (Å²) in [6.07, 6.45) is 8.98. The highest BCUT2D eigenvalue weighted by molar-refractivity contribution is 5.92. The standard InChI is InChI=1S/C26H31NO6/c28-9-3-4-10-31-24-14-18(20-15-32-22-6-2-1-5-19(22)25(20)29)13-23(33-24)26(30)27-21-12-16-7-8-17(21)11-16/h1-2,5-6,13,15-18,21,24,28H,3-4,7-12,14H2,(H,27,30)/t16?,17?,18-,21?,24+/m1/s1. The Morgan fingerprint density at radius 2 is 2.03 bits per heavy atom. The zero-order valence-corrected chi connectivity index (χ0v) is 18.7. The summed E-state index contributed by atoms with van der Waals surface area (Å²) >= 11 is 0. The average molecular weight is 454 g/mol. The monoisotopic (exact) mass is 453 g/mol. The molecule has 2 aliphatic carbocycles. The summed E-state index contributed by atoms with van der Waals surface area (Å²) in [7, 11) is 0. The Labute approximate surface area is 192 Å². The van der Waals surface area contributed by atoms with Gasteiger partial charge in [0.1, 0.15) is 5.58 Å². The van der Waals surface area contributed by atoms with E-state index in [1.807, 2.05) is 12.1 Å². The zero-order valence-electron chi connectivity index (χ0n) is 18.7. The van der Waals surface area contributed by atoms with E-state index in [2.05, 4.69) is 5.32 Å². The molecule has 0 radical (unpaired) electrons. The molecule has 2 fully saturated rings. The molecule has 5 atom stereocenters. The van der Waals surface area contributed by atoms with Crippen molar-refractivity contribution in [3.63, 3.8) is 0 Å². The smallest absolute Gasteiger partial charge is 0.286 e. The van der Waals surface area contributed by atoms with Gasteiger partial charge in [0, 0.05) is 30.6 Å². The number of allylic oxidation sites excluding steroid dienone is 1. The Kier molecular flexibility index (Phi) is 6.51. The molecule has 2 heterocycles. The first-order valence-corrected chi connectivity index (χ1v) is 12.0. The van der Waals surface area contributed by atoms with Crippen molar-refractivity contribution < 1.29 is 23.8 Å². The summed E-state index contributed by atoms with van der Waals surface area (Å²) in [5.41, 5.74) is 0.923. The number of amides is 1. The number of nitrogens with one attached hydrogen (secondary N) is 1. The molecule has 0 spiro atoms. The number of fused-ring (bicyclic) bond motifs is 3. The number of hydrogen-bond acceptors (Lipinski definition) is 6. The van der Waals surface area contributed by atoms with E-state index in [-0.39, 0.29) is 35.7 Å². The van der Waals surface area contributed by atoms with Gasteiger partial charge in [-0.25, -0.2) is 0 Å². The van der Waals surface area contributed by atoms with Gasteiger partial charge in [0.2, 0.25) is 6.29 Å². The molecular weight excluding hydrogens is 422 g/mol. The van der Waals surface area contributed by atoms with Crippen LogP contribution in [0.3, 0.4) is 0 Å². The molecule has 0 saturated heterocycles. The molecule has 5 rings (SSSR count). The third-order valence-corrected chi connectivity index (χ3v) is 7.30. The minimum Gasteiger partial charge on any atom is -0.464 e. The molecule has 1 aliphatic heterocycles. The summed E-state index contributed by atoms with van der Waals surface area (Å²) in [5.74, 6) is 0.875. The van der Waals surface area contributed by atoms with Crippen LogP contribution in [-0.4, -0.2) is 36.6 Å². The fourth-order valence-corrected chi connectivity index (χ4v) is 5.57. The number of para-hydroxylation sites is 1. The van der Waals surface area contributed by atoms with Gasteiger partial charge in [-0.05, 0) is 62.1 Å². The predicted octanol–water partition coefficient (Wildman–Crippen LogP) is 3.60. The highest BCUT2D eigenvalue weighted by Crippen LogP contribution is 2.44. The molecule has 176 valence electrons. The van der Waals surface area contributed by atoms with Crippen molar-refractivity contribution in [1.82, 2.24) is 5.32 Å². The van der Waals surface area contributed by atoms with Gasteiger partial charge in [-0.1, -0.05) is 18.6 Å². The number of carbonyl (C=O) groups is 1. The van der Waals surface area contributed by atoms with Crippen molar-refractivity contribution in [3.05, 3.63) is 58.2 Å². The van der Waals surface area contributed by atoms with Crippen LogP contribution < -0.4 is 10.7 Å². The molecule has 3 aliphatic rings. The van der Waals surface area contributed by atoms with Crippen LogP contribution in [0.4, 0.5) is 0 Å². The molecule has 2 aromatic rings. The summed E-state index contributed by atoms with van der Waals surface area (Å²) in [5, 5.41) is 12.7. The van der Waals surface area contributed by atoms with Crippen molar-refractivity contribution in [2.24, 2.45) is 11.8 Å². The van der Waals surface area contributed by atoms with Crippen LogP contribution in [0, 0.1) is 11.8 Å². The molecule has 1 aromatic carbocycles. The minimum atomic E-state index is -0.648. The molecule has 33 heavy (non-hydrogen) atoms. The van der Waals surface area contributed by atoms with E-state index in [9.17, 15) is 9.59 Å². The number of carbonyl (C=O) groups excluding carboxylic acids is 1. The Hall–Kier alpha value is -2.64. The van der Waals surface area contributed by atoms with Crippen LogP contribution >= 0.6 is 0 Å². The highest BCUT2D eigenvalue weighted by Gasteiger charge is 2.41. The molecule has 1 amide bonds. The van der Waals surface area contributed by atoms with Crippen LogP contribution in [0.15, 0.2) is 51.6 Å². The first-order chi connectivity index (χ1) is 16.1. The maximum Gasteiger partial charge on any atom is 0.286 e. The quantitative estimate of drug-likeness (QED) is 0.593. The Morgan fingerprint density at radius 1 is 1.15 bits per heavy atom.